The number of hydrogen-bond donors (Lipinski definition) is 3. The van der Waals surface area contributed by atoms with Crippen LogP contribution >= 0.6 is 0 Å². The van der Waals surface area contributed by atoms with E-state index in [1.165, 1.54) is 0 Å². The monoisotopic (exact) mass is 294 g/mol. The highest BCUT2D eigenvalue weighted by atomic mass is 16.4. The van der Waals surface area contributed by atoms with Crippen LogP contribution in [-0.4, -0.2) is 30.2 Å². The van der Waals surface area contributed by atoms with Crippen LogP contribution in [0.4, 0.5) is 4.79 Å². The molecule has 0 aromatic carbocycles. The number of rotatable bonds is 7. The Bertz CT molecular complexity index is 393. The van der Waals surface area contributed by atoms with Crippen LogP contribution in [0.3, 0.4) is 0 Å². The Labute approximate surface area is 126 Å². The van der Waals surface area contributed by atoms with Crippen LogP contribution in [0.25, 0.3) is 0 Å². The first kappa shape index (κ1) is 17.4. The predicted octanol–water partition coefficient (Wildman–Crippen LogP) is 2.37. The van der Waals surface area contributed by atoms with Gasteiger partial charge in [-0.3, -0.25) is 4.79 Å². The average Bonchev–Trinajstić information content (AvgIpc) is 2.46. The summed E-state index contributed by atoms with van der Waals surface area (Å²) in [5, 5.41) is 14.9. The topological polar surface area (TPSA) is 78.4 Å². The molecule has 0 aliphatic heterocycles. The smallest absolute Gasteiger partial charge is 0.314 e. The van der Waals surface area contributed by atoms with E-state index in [1.54, 1.807) is 0 Å². The minimum atomic E-state index is -0.802. The van der Waals surface area contributed by atoms with E-state index in [-0.39, 0.29) is 12.6 Å². The van der Waals surface area contributed by atoms with Gasteiger partial charge in [0, 0.05) is 19.5 Å². The molecule has 2 amide bonds. The Morgan fingerprint density at radius 2 is 1.95 bits per heavy atom. The van der Waals surface area contributed by atoms with Gasteiger partial charge in [-0.05, 0) is 44.4 Å². The van der Waals surface area contributed by atoms with Crippen LogP contribution in [0.15, 0.2) is 0 Å². The quantitative estimate of drug-likeness (QED) is 0.498. The molecule has 3 N–H and O–H groups in total. The first-order valence-corrected chi connectivity index (χ1v) is 7.69. The minimum absolute atomic E-state index is 0.200. The fourth-order valence-corrected chi connectivity index (χ4v) is 2.65. The zero-order valence-corrected chi connectivity index (χ0v) is 12.8. The number of hydrogen-bond acceptors (Lipinski definition) is 2. The fourth-order valence-electron chi connectivity index (χ4n) is 2.65. The normalized spacial score (nSPS) is 24.9. The number of nitrogens with one attached hydrogen (secondary N) is 2. The molecule has 1 aliphatic carbocycles. The second-order valence-electron chi connectivity index (χ2n) is 6.04. The van der Waals surface area contributed by atoms with Gasteiger partial charge in [0.15, 0.2) is 0 Å². The largest absolute Gasteiger partial charge is 0.481 e. The minimum Gasteiger partial charge on any atom is -0.481 e. The molecular formula is C16H26N2O3. The number of carboxylic acids is 1. The number of amides is 2. The highest BCUT2D eigenvalue weighted by molar-refractivity contribution is 5.78. The van der Waals surface area contributed by atoms with Crippen molar-refractivity contribution in [3.05, 3.63) is 0 Å². The van der Waals surface area contributed by atoms with E-state index in [9.17, 15) is 14.7 Å². The van der Waals surface area contributed by atoms with Crippen LogP contribution in [0, 0.1) is 23.7 Å². The Morgan fingerprint density at radius 3 is 2.52 bits per heavy atom. The van der Waals surface area contributed by atoms with Crippen molar-refractivity contribution in [1.82, 2.24) is 10.6 Å². The second-order valence-corrected chi connectivity index (χ2v) is 6.04. The predicted molar refractivity (Wildman–Crippen MR) is 81.8 cm³/mol. The molecule has 0 aromatic rings. The van der Waals surface area contributed by atoms with Crippen molar-refractivity contribution >= 4 is 12.0 Å². The Hall–Kier alpha value is -1.70. The van der Waals surface area contributed by atoms with E-state index in [1.807, 2.05) is 0 Å². The Kier molecular flexibility index (Phi) is 7.07. The SMILES string of the molecule is C#CCCCCNC(=O)NCC1(C(=O)O)CCC(C)CC1. The molecule has 118 valence electrons. The molecule has 1 aliphatic rings. The maximum absolute atomic E-state index is 11.7. The number of terminal acetylenes is 1. The van der Waals surface area contributed by atoms with E-state index >= 15 is 0 Å². The fraction of sp³-hybridized carbons (Fsp3) is 0.750. The lowest BCUT2D eigenvalue weighted by Gasteiger charge is -2.35. The second kappa shape index (κ2) is 8.56. The number of urea groups is 1. The molecular weight excluding hydrogens is 268 g/mol. The summed E-state index contributed by atoms with van der Waals surface area (Å²) in [6, 6.07) is -0.296. The van der Waals surface area contributed by atoms with E-state index in [0.29, 0.717) is 31.7 Å². The van der Waals surface area contributed by atoms with Gasteiger partial charge in [0.05, 0.1) is 5.41 Å². The van der Waals surface area contributed by atoms with E-state index < -0.39 is 11.4 Å². The summed E-state index contributed by atoms with van der Waals surface area (Å²) in [6.07, 6.45) is 10.6. The molecule has 0 bridgehead atoms. The Morgan fingerprint density at radius 1 is 1.29 bits per heavy atom. The van der Waals surface area contributed by atoms with Crippen LogP contribution < -0.4 is 10.6 Å². The summed E-state index contributed by atoms with van der Waals surface area (Å²) in [7, 11) is 0. The van der Waals surface area contributed by atoms with Gasteiger partial charge in [-0.25, -0.2) is 4.79 Å². The van der Waals surface area contributed by atoms with Gasteiger partial charge < -0.3 is 15.7 Å². The molecule has 5 heteroatoms. The zero-order valence-electron chi connectivity index (χ0n) is 12.8. The van der Waals surface area contributed by atoms with Gasteiger partial charge >= 0.3 is 12.0 Å². The third kappa shape index (κ3) is 5.66. The molecule has 0 radical (unpaired) electrons. The van der Waals surface area contributed by atoms with Crippen LogP contribution in [0.1, 0.15) is 51.9 Å². The van der Waals surface area contributed by atoms with Gasteiger partial charge in [0.1, 0.15) is 0 Å². The lowest BCUT2D eigenvalue weighted by atomic mass is 9.71. The summed E-state index contributed by atoms with van der Waals surface area (Å²) in [6.45, 7) is 2.90. The Balaban J connectivity index is 2.32. The van der Waals surface area contributed by atoms with Crippen molar-refractivity contribution in [1.29, 1.82) is 0 Å². The first-order chi connectivity index (χ1) is 10.00. The van der Waals surface area contributed by atoms with Crippen molar-refractivity contribution in [2.45, 2.75) is 51.9 Å². The van der Waals surface area contributed by atoms with Crippen LogP contribution in [0.2, 0.25) is 0 Å². The van der Waals surface area contributed by atoms with Gasteiger partial charge in [0.25, 0.3) is 0 Å². The summed E-state index contributed by atoms with van der Waals surface area (Å²) in [5.41, 5.74) is -0.798. The highest BCUT2D eigenvalue weighted by Crippen LogP contribution is 2.38. The zero-order chi connectivity index (χ0) is 15.7. The molecule has 1 fully saturated rings. The highest BCUT2D eigenvalue weighted by Gasteiger charge is 2.41. The maximum Gasteiger partial charge on any atom is 0.314 e. The van der Waals surface area contributed by atoms with Crippen molar-refractivity contribution < 1.29 is 14.7 Å². The lowest BCUT2D eigenvalue weighted by Crippen LogP contribution is -2.47. The first-order valence-electron chi connectivity index (χ1n) is 7.69. The molecule has 1 saturated carbocycles. The summed E-state index contributed by atoms with van der Waals surface area (Å²) >= 11 is 0. The molecule has 0 spiro atoms. The molecule has 0 heterocycles. The van der Waals surface area contributed by atoms with Gasteiger partial charge in [-0.1, -0.05) is 6.92 Å². The van der Waals surface area contributed by atoms with E-state index in [2.05, 4.69) is 23.5 Å². The molecule has 0 unspecified atom stereocenters. The standard InChI is InChI=1S/C16H26N2O3/c1-3-4-5-6-11-17-15(21)18-12-16(14(19)20)9-7-13(2)8-10-16/h1,13H,4-12H2,2H3,(H,19,20)(H2,17,18,21). The number of carbonyl (C=O) groups excluding carboxylic acids is 1. The number of aliphatic carboxylic acids is 1. The molecule has 21 heavy (non-hydrogen) atoms. The molecule has 0 saturated heterocycles. The van der Waals surface area contributed by atoms with Gasteiger partial charge in [-0.15, -0.1) is 12.3 Å². The number of unbranched alkanes of at least 4 members (excludes halogenated alkanes) is 2. The summed E-state index contributed by atoms with van der Waals surface area (Å²) in [5.74, 6) is 2.32. The van der Waals surface area contributed by atoms with E-state index in [4.69, 9.17) is 6.42 Å². The molecule has 0 atom stereocenters. The van der Waals surface area contributed by atoms with Crippen LogP contribution in [0.5, 0.6) is 0 Å². The maximum atomic E-state index is 11.7. The summed E-state index contributed by atoms with van der Waals surface area (Å²) < 4.78 is 0. The molecule has 1 rings (SSSR count). The third-order valence-corrected chi connectivity index (χ3v) is 4.31. The molecule has 5 nitrogen and oxygen atoms in total. The van der Waals surface area contributed by atoms with Crippen molar-refractivity contribution in [2.24, 2.45) is 11.3 Å². The number of carboxylic acid groups (broad SMARTS) is 1. The van der Waals surface area contributed by atoms with Crippen molar-refractivity contribution in [3.63, 3.8) is 0 Å². The van der Waals surface area contributed by atoms with Crippen molar-refractivity contribution in [2.75, 3.05) is 13.1 Å². The average molecular weight is 294 g/mol. The van der Waals surface area contributed by atoms with Gasteiger partial charge in [-0.2, -0.15) is 0 Å². The molecule has 0 aromatic heterocycles. The van der Waals surface area contributed by atoms with Gasteiger partial charge in [0.2, 0.25) is 0 Å². The van der Waals surface area contributed by atoms with E-state index in [0.717, 1.165) is 25.7 Å². The number of carbonyl (C=O) groups is 2. The van der Waals surface area contributed by atoms with Crippen LogP contribution in [-0.2, 0) is 4.79 Å². The van der Waals surface area contributed by atoms with Crippen molar-refractivity contribution in [3.8, 4) is 12.3 Å². The lowest BCUT2D eigenvalue weighted by molar-refractivity contribution is -0.151. The third-order valence-electron chi connectivity index (χ3n) is 4.31. The summed E-state index contributed by atoms with van der Waals surface area (Å²) in [4.78, 5) is 23.2.